The lowest BCUT2D eigenvalue weighted by molar-refractivity contribution is -0.0115. The quantitative estimate of drug-likeness (QED) is 0.235. The Morgan fingerprint density at radius 2 is 1.62 bits per heavy atom. The third-order valence-corrected chi connectivity index (χ3v) is 8.77. The zero-order valence-corrected chi connectivity index (χ0v) is 29.0. The number of aliphatic hydroxyl groups is 1. The standard InChI is InChI=1S/C37H47N5O8/c1-24-20-42(25(2)22-43)35(44)30-18-28(38-36(45)39-29-14-16-32-33(19-29)49-23-48-32)13-15-31(30)50-26(3)10-8-9-17-47-34(24)21-41(4)37(46)40-27-11-6-5-7-12-27/h5-7,11-16,18-19,24-26,34,43H,8-10,17,20-23H2,1-4H3,(H,40,46)(H2,38,39,45)/t24-,25+,26-,34-/m1/s1. The maximum Gasteiger partial charge on any atom is 0.323 e. The van der Waals surface area contributed by atoms with Gasteiger partial charge in [-0.1, -0.05) is 25.1 Å². The Kier molecular flexibility index (Phi) is 12.4. The largest absolute Gasteiger partial charge is 0.490 e. The highest BCUT2D eigenvalue weighted by Gasteiger charge is 2.31. The summed E-state index contributed by atoms with van der Waals surface area (Å²) in [6, 6.07) is 17.9. The van der Waals surface area contributed by atoms with E-state index in [0.29, 0.717) is 40.9 Å². The van der Waals surface area contributed by atoms with Crippen LogP contribution in [0, 0.1) is 5.92 Å². The van der Waals surface area contributed by atoms with Crippen molar-refractivity contribution in [2.24, 2.45) is 5.92 Å². The molecule has 0 aliphatic carbocycles. The summed E-state index contributed by atoms with van der Waals surface area (Å²) in [4.78, 5) is 43.6. The van der Waals surface area contributed by atoms with Crippen LogP contribution >= 0.6 is 0 Å². The van der Waals surface area contributed by atoms with Crippen LogP contribution in [0.25, 0.3) is 0 Å². The Morgan fingerprint density at radius 3 is 2.36 bits per heavy atom. The number of likely N-dealkylation sites (N-methyl/N-ethyl adjacent to an activating group) is 1. The van der Waals surface area contributed by atoms with Gasteiger partial charge >= 0.3 is 12.1 Å². The lowest BCUT2D eigenvalue weighted by Crippen LogP contribution is -2.48. The number of hydrogen-bond donors (Lipinski definition) is 4. The molecule has 0 bridgehead atoms. The summed E-state index contributed by atoms with van der Waals surface area (Å²) in [5, 5.41) is 18.7. The highest BCUT2D eigenvalue weighted by atomic mass is 16.7. The summed E-state index contributed by atoms with van der Waals surface area (Å²) in [5.74, 6) is 0.929. The van der Waals surface area contributed by atoms with Gasteiger partial charge in [-0.25, -0.2) is 9.59 Å². The van der Waals surface area contributed by atoms with Gasteiger partial charge in [-0.05, 0) is 75.6 Å². The molecule has 0 unspecified atom stereocenters. The van der Waals surface area contributed by atoms with Crippen molar-refractivity contribution in [3.63, 3.8) is 0 Å². The molecule has 50 heavy (non-hydrogen) atoms. The van der Waals surface area contributed by atoms with Gasteiger partial charge in [0.25, 0.3) is 5.91 Å². The van der Waals surface area contributed by atoms with Gasteiger partial charge in [0.1, 0.15) is 5.75 Å². The maximum absolute atomic E-state index is 14.4. The van der Waals surface area contributed by atoms with E-state index in [1.807, 2.05) is 44.2 Å². The van der Waals surface area contributed by atoms with Gasteiger partial charge in [-0.2, -0.15) is 0 Å². The number of urea groups is 2. The summed E-state index contributed by atoms with van der Waals surface area (Å²) in [5.41, 5.74) is 1.83. The predicted molar refractivity (Wildman–Crippen MR) is 190 cm³/mol. The molecule has 268 valence electrons. The smallest absolute Gasteiger partial charge is 0.323 e. The minimum atomic E-state index is -0.547. The summed E-state index contributed by atoms with van der Waals surface area (Å²) in [6.45, 7) is 6.55. The molecular weight excluding hydrogens is 642 g/mol. The van der Waals surface area contributed by atoms with E-state index in [9.17, 15) is 19.5 Å². The second-order valence-corrected chi connectivity index (χ2v) is 12.8. The first-order valence-corrected chi connectivity index (χ1v) is 17.0. The molecule has 0 saturated carbocycles. The highest BCUT2D eigenvalue weighted by Crippen LogP contribution is 2.34. The zero-order valence-electron chi connectivity index (χ0n) is 29.0. The SMILES string of the molecule is C[C@@H]1CCCCO[C@H](CN(C)C(=O)Nc2ccccc2)[C@H](C)CN([C@@H](C)CO)C(=O)c2cc(NC(=O)Nc3ccc4c(c3)OCO4)ccc2O1. The lowest BCUT2D eigenvalue weighted by atomic mass is 10.0. The van der Waals surface area contributed by atoms with Crippen LogP contribution in [0.15, 0.2) is 66.7 Å². The van der Waals surface area contributed by atoms with Crippen molar-refractivity contribution < 1.29 is 38.4 Å². The van der Waals surface area contributed by atoms with Crippen molar-refractivity contribution in [3.05, 3.63) is 72.3 Å². The van der Waals surface area contributed by atoms with E-state index in [2.05, 4.69) is 16.0 Å². The Morgan fingerprint density at radius 1 is 0.920 bits per heavy atom. The molecule has 3 aromatic rings. The first-order valence-electron chi connectivity index (χ1n) is 17.0. The zero-order chi connectivity index (χ0) is 35.6. The Balaban J connectivity index is 1.36. The summed E-state index contributed by atoms with van der Waals surface area (Å²) < 4.78 is 23.4. The first-order chi connectivity index (χ1) is 24.1. The second kappa shape index (κ2) is 17.1. The minimum Gasteiger partial charge on any atom is -0.490 e. The van der Waals surface area contributed by atoms with Crippen molar-refractivity contribution in [3.8, 4) is 17.2 Å². The molecule has 2 aliphatic heterocycles. The van der Waals surface area contributed by atoms with Crippen molar-refractivity contribution in [1.82, 2.24) is 9.80 Å². The molecule has 0 saturated heterocycles. The van der Waals surface area contributed by atoms with E-state index in [0.717, 1.165) is 19.3 Å². The molecule has 0 fully saturated rings. The molecule has 0 radical (unpaired) electrons. The van der Waals surface area contributed by atoms with E-state index < -0.39 is 18.2 Å². The van der Waals surface area contributed by atoms with E-state index in [-0.39, 0.29) is 56.0 Å². The molecule has 0 spiro atoms. The van der Waals surface area contributed by atoms with Gasteiger partial charge in [0.2, 0.25) is 6.79 Å². The number of nitrogens with zero attached hydrogens (tertiary/aromatic N) is 2. The number of aliphatic hydroxyl groups excluding tert-OH is 1. The van der Waals surface area contributed by atoms with E-state index in [1.165, 1.54) is 0 Å². The van der Waals surface area contributed by atoms with Gasteiger partial charge in [-0.3, -0.25) is 4.79 Å². The van der Waals surface area contributed by atoms with Crippen molar-refractivity contribution in [1.29, 1.82) is 0 Å². The maximum atomic E-state index is 14.4. The molecule has 13 heteroatoms. The highest BCUT2D eigenvalue weighted by molar-refractivity contribution is 6.02. The van der Waals surface area contributed by atoms with Crippen LogP contribution < -0.4 is 30.2 Å². The third-order valence-electron chi connectivity index (χ3n) is 8.77. The van der Waals surface area contributed by atoms with E-state index in [1.54, 1.807) is 60.2 Å². The number of carbonyl (C=O) groups excluding carboxylic acids is 3. The van der Waals surface area contributed by atoms with E-state index >= 15 is 0 Å². The molecule has 0 aromatic heterocycles. The molecule has 5 amide bonds. The Bertz CT molecular complexity index is 1620. The van der Waals surface area contributed by atoms with Crippen molar-refractivity contribution in [2.75, 3.05) is 56.1 Å². The van der Waals surface area contributed by atoms with Crippen molar-refractivity contribution >= 4 is 35.0 Å². The number of benzene rings is 3. The molecule has 5 rings (SSSR count). The van der Waals surface area contributed by atoms with Gasteiger partial charge in [0.15, 0.2) is 11.5 Å². The number of fused-ring (bicyclic) bond motifs is 2. The van der Waals surface area contributed by atoms with Gasteiger partial charge < -0.3 is 49.8 Å². The monoisotopic (exact) mass is 689 g/mol. The van der Waals surface area contributed by atoms with Crippen LogP contribution in [-0.4, -0.2) is 91.3 Å². The Labute approximate surface area is 292 Å². The van der Waals surface area contributed by atoms with Crippen LogP contribution in [-0.2, 0) is 4.74 Å². The van der Waals surface area contributed by atoms with Crippen LogP contribution in [0.5, 0.6) is 17.2 Å². The van der Waals surface area contributed by atoms with Gasteiger partial charge in [0.05, 0.1) is 30.4 Å². The second-order valence-electron chi connectivity index (χ2n) is 12.8. The number of rotatable bonds is 7. The minimum absolute atomic E-state index is 0.121. The fourth-order valence-corrected chi connectivity index (χ4v) is 5.82. The molecule has 4 atom stereocenters. The number of carbonyl (C=O) groups is 3. The van der Waals surface area contributed by atoms with Crippen LogP contribution in [0.2, 0.25) is 0 Å². The summed E-state index contributed by atoms with van der Waals surface area (Å²) in [6.07, 6.45) is 1.76. The average Bonchev–Trinajstić information content (AvgIpc) is 3.58. The number of ether oxygens (including phenoxy) is 4. The van der Waals surface area contributed by atoms with Crippen LogP contribution in [0.1, 0.15) is 50.4 Å². The fourth-order valence-electron chi connectivity index (χ4n) is 5.82. The molecule has 13 nitrogen and oxygen atoms in total. The average molecular weight is 690 g/mol. The van der Waals surface area contributed by atoms with Crippen LogP contribution in [0.3, 0.4) is 0 Å². The fraction of sp³-hybridized carbons (Fsp3) is 0.432. The molecule has 2 aliphatic rings. The third kappa shape index (κ3) is 9.57. The van der Waals surface area contributed by atoms with Crippen LogP contribution in [0.4, 0.5) is 26.7 Å². The first kappa shape index (κ1) is 36.3. The Hall–Kier alpha value is -5.01. The normalized spacial score (nSPS) is 20.1. The number of anilines is 3. The number of hydrogen-bond acceptors (Lipinski definition) is 8. The number of nitrogens with one attached hydrogen (secondary N) is 3. The molecular formula is C37H47N5O8. The molecule has 2 heterocycles. The summed E-state index contributed by atoms with van der Waals surface area (Å²) >= 11 is 0. The molecule has 4 N–H and O–H groups in total. The van der Waals surface area contributed by atoms with Gasteiger partial charge in [-0.15, -0.1) is 0 Å². The molecule has 3 aromatic carbocycles. The number of amides is 5. The predicted octanol–water partition coefficient (Wildman–Crippen LogP) is 6.02. The van der Waals surface area contributed by atoms with Gasteiger partial charge in [0, 0.05) is 55.8 Å². The topological polar surface area (TPSA) is 151 Å². The van der Waals surface area contributed by atoms with E-state index in [4.69, 9.17) is 18.9 Å². The lowest BCUT2D eigenvalue weighted by Gasteiger charge is -2.35. The number of para-hydroxylation sites is 1. The van der Waals surface area contributed by atoms with Crippen molar-refractivity contribution in [2.45, 2.75) is 58.3 Å². The summed E-state index contributed by atoms with van der Waals surface area (Å²) in [7, 11) is 1.71.